The number of aromatic nitrogens is 1. The zero-order valence-electron chi connectivity index (χ0n) is 14.4. The highest BCUT2D eigenvalue weighted by atomic mass is 32.1. The number of nitrogens with one attached hydrogen (secondary N) is 2. The Labute approximate surface area is 153 Å². The summed E-state index contributed by atoms with van der Waals surface area (Å²) in [5.74, 6) is -1.54. The van der Waals surface area contributed by atoms with Gasteiger partial charge in [0.05, 0.1) is 5.69 Å². The van der Waals surface area contributed by atoms with Crippen molar-refractivity contribution in [3.8, 4) is 0 Å². The van der Waals surface area contributed by atoms with Crippen LogP contribution in [-0.2, 0) is 15.1 Å². The minimum Gasteiger partial charge on any atom is -0.319 e. The molecule has 3 rings (SSSR count). The quantitative estimate of drug-likeness (QED) is 0.801. The fourth-order valence-electron chi connectivity index (χ4n) is 2.65. The van der Waals surface area contributed by atoms with Crippen molar-refractivity contribution in [3.63, 3.8) is 0 Å². The summed E-state index contributed by atoms with van der Waals surface area (Å²) in [4.78, 5) is 43.1. The van der Waals surface area contributed by atoms with Gasteiger partial charge >= 0.3 is 6.03 Å². The summed E-state index contributed by atoms with van der Waals surface area (Å²) in [6.07, 6.45) is 0. The molecular weight excluding hydrogens is 359 g/mol. The van der Waals surface area contributed by atoms with E-state index in [4.69, 9.17) is 0 Å². The minimum absolute atomic E-state index is 0.415. The molecule has 26 heavy (non-hydrogen) atoms. The van der Waals surface area contributed by atoms with Crippen molar-refractivity contribution in [1.82, 2.24) is 15.2 Å². The van der Waals surface area contributed by atoms with E-state index in [1.807, 2.05) is 13.8 Å². The van der Waals surface area contributed by atoms with Crippen LogP contribution in [0.25, 0.3) is 0 Å². The molecule has 0 unspecified atom stereocenters. The number of imide groups is 1. The molecule has 0 spiro atoms. The molecule has 0 saturated carbocycles. The maximum atomic E-state index is 13.1. The predicted molar refractivity (Wildman–Crippen MR) is 94.2 cm³/mol. The Kier molecular flexibility index (Phi) is 4.49. The summed E-state index contributed by atoms with van der Waals surface area (Å²) in [6, 6.07) is 4.60. The second kappa shape index (κ2) is 6.49. The number of halogens is 1. The Bertz CT molecular complexity index is 876. The molecular formula is C17H17FN4O3S. The Morgan fingerprint density at radius 3 is 2.54 bits per heavy atom. The normalized spacial score (nSPS) is 19.6. The Hall–Kier alpha value is -2.81. The molecule has 2 heterocycles. The molecule has 0 radical (unpaired) electrons. The van der Waals surface area contributed by atoms with Crippen molar-refractivity contribution in [2.24, 2.45) is 0 Å². The van der Waals surface area contributed by atoms with Crippen molar-refractivity contribution in [2.45, 2.75) is 26.3 Å². The van der Waals surface area contributed by atoms with Gasteiger partial charge in [-0.2, -0.15) is 0 Å². The molecule has 4 amide bonds. The lowest BCUT2D eigenvalue weighted by Crippen LogP contribution is -2.42. The number of urea groups is 1. The molecule has 0 bridgehead atoms. The van der Waals surface area contributed by atoms with Crippen LogP contribution in [0.3, 0.4) is 0 Å². The third kappa shape index (κ3) is 3.17. The van der Waals surface area contributed by atoms with Gasteiger partial charge in [-0.05, 0) is 38.5 Å². The molecule has 1 atom stereocenters. The number of anilines is 1. The lowest BCUT2D eigenvalue weighted by Gasteiger charge is -2.22. The van der Waals surface area contributed by atoms with Gasteiger partial charge in [-0.1, -0.05) is 12.1 Å². The van der Waals surface area contributed by atoms with Gasteiger partial charge in [-0.25, -0.2) is 14.2 Å². The van der Waals surface area contributed by atoms with Crippen molar-refractivity contribution >= 4 is 34.3 Å². The second-order valence-corrected chi connectivity index (χ2v) is 7.37. The number of thiazole rings is 1. The van der Waals surface area contributed by atoms with Gasteiger partial charge in [-0.15, -0.1) is 11.3 Å². The third-order valence-electron chi connectivity index (χ3n) is 4.27. The van der Waals surface area contributed by atoms with Crippen molar-refractivity contribution in [1.29, 1.82) is 0 Å². The molecule has 1 aliphatic heterocycles. The lowest BCUT2D eigenvalue weighted by molar-refractivity contribution is -0.133. The highest BCUT2D eigenvalue weighted by Crippen LogP contribution is 2.29. The fraction of sp³-hybridized carbons (Fsp3) is 0.294. The average molecular weight is 376 g/mol. The van der Waals surface area contributed by atoms with E-state index in [2.05, 4.69) is 15.6 Å². The van der Waals surface area contributed by atoms with Crippen LogP contribution >= 0.6 is 11.3 Å². The number of nitrogens with zero attached hydrogens (tertiary/aromatic N) is 2. The van der Waals surface area contributed by atoms with E-state index < -0.39 is 35.7 Å². The average Bonchev–Trinajstić information content (AvgIpc) is 2.99. The fourth-order valence-corrected chi connectivity index (χ4v) is 3.48. The number of rotatable bonds is 4. The number of carbonyl (C=O) groups excluding carboxylic acids is 3. The van der Waals surface area contributed by atoms with Crippen LogP contribution in [-0.4, -0.2) is 34.3 Å². The Morgan fingerprint density at radius 1 is 1.31 bits per heavy atom. The largest absolute Gasteiger partial charge is 0.325 e. The Morgan fingerprint density at radius 2 is 1.96 bits per heavy atom. The SMILES string of the molecule is Cc1nc(NC(=O)CN2C(=O)N[C@](C)(c3ccc(F)cc3)C2=O)sc1C. The summed E-state index contributed by atoms with van der Waals surface area (Å²) in [6.45, 7) is 4.80. The zero-order valence-corrected chi connectivity index (χ0v) is 15.2. The molecule has 1 fully saturated rings. The van der Waals surface area contributed by atoms with Crippen LogP contribution in [0.15, 0.2) is 24.3 Å². The summed E-state index contributed by atoms with van der Waals surface area (Å²) < 4.78 is 13.1. The first-order valence-electron chi connectivity index (χ1n) is 7.85. The minimum atomic E-state index is -1.35. The molecule has 7 nitrogen and oxygen atoms in total. The smallest absolute Gasteiger partial charge is 0.319 e. The van der Waals surface area contributed by atoms with Crippen LogP contribution < -0.4 is 10.6 Å². The number of hydrogen-bond donors (Lipinski definition) is 2. The van der Waals surface area contributed by atoms with Gasteiger partial charge in [0.2, 0.25) is 5.91 Å². The zero-order chi connectivity index (χ0) is 19.1. The van der Waals surface area contributed by atoms with Crippen LogP contribution in [0.2, 0.25) is 0 Å². The summed E-state index contributed by atoms with van der Waals surface area (Å²) in [7, 11) is 0. The molecule has 9 heteroatoms. The molecule has 1 aliphatic rings. The molecule has 2 aromatic rings. The summed E-state index contributed by atoms with van der Waals surface area (Å²) in [5, 5.41) is 5.58. The topological polar surface area (TPSA) is 91.4 Å². The van der Waals surface area contributed by atoms with E-state index in [0.717, 1.165) is 15.5 Å². The van der Waals surface area contributed by atoms with Gasteiger partial charge in [0.15, 0.2) is 5.13 Å². The van der Waals surface area contributed by atoms with Crippen LogP contribution in [0.5, 0.6) is 0 Å². The van der Waals surface area contributed by atoms with Gasteiger partial charge in [-0.3, -0.25) is 14.5 Å². The Balaban J connectivity index is 1.74. The maximum Gasteiger partial charge on any atom is 0.325 e. The van der Waals surface area contributed by atoms with Crippen molar-refractivity contribution in [2.75, 3.05) is 11.9 Å². The molecule has 0 aliphatic carbocycles. The van der Waals surface area contributed by atoms with Crippen molar-refractivity contribution in [3.05, 3.63) is 46.2 Å². The van der Waals surface area contributed by atoms with E-state index >= 15 is 0 Å². The van der Waals surface area contributed by atoms with E-state index in [-0.39, 0.29) is 0 Å². The van der Waals surface area contributed by atoms with Crippen LogP contribution in [0.4, 0.5) is 14.3 Å². The molecule has 1 aromatic carbocycles. The van der Waals surface area contributed by atoms with Gasteiger partial charge in [0.25, 0.3) is 5.91 Å². The number of hydrogen-bond acceptors (Lipinski definition) is 5. The summed E-state index contributed by atoms with van der Waals surface area (Å²) in [5.41, 5.74) is -0.102. The monoisotopic (exact) mass is 376 g/mol. The van der Waals surface area contributed by atoms with E-state index in [1.54, 1.807) is 0 Å². The molecule has 136 valence electrons. The highest BCUT2D eigenvalue weighted by Gasteiger charge is 2.49. The van der Waals surface area contributed by atoms with Gasteiger partial charge in [0.1, 0.15) is 17.9 Å². The van der Waals surface area contributed by atoms with E-state index in [1.165, 1.54) is 42.5 Å². The summed E-state index contributed by atoms with van der Waals surface area (Å²) >= 11 is 1.32. The van der Waals surface area contributed by atoms with Crippen LogP contribution in [0, 0.1) is 19.7 Å². The van der Waals surface area contributed by atoms with Crippen molar-refractivity contribution < 1.29 is 18.8 Å². The first kappa shape index (κ1) is 18.0. The van der Waals surface area contributed by atoms with E-state index in [9.17, 15) is 18.8 Å². The van der Waals surface area contributed by atoms with Gasteiger partial charge in [0, 0.05) is 4.88 Å². The second-order valence-electron chi connectivity index (χ2n) is 6.16. The number of carbonyl (C=O) groups is 3. The maximum absolute atomic E-state index is 13.1. The highest BCUT2D eigenvalue weighted by molar-refractivity contribution is 7.15. The molecule has 1 aromatic heterocycles. The third-order valence-corrected chi connectivity index (χ3v) is 5.26. The first-order chi connectivity index (χ1) is 12.2. The number of benzene rings is 1. The van der Waals surface area contributed by atoms with E-state index in [0.29, 0.717) is 10.7 Å². The van der Waals surface area contributed by atoms with Crippen LogP contribution in [0.1, 0.15) is 23.1 Å². The first-order valence-corrected chi connectivity index (χ1v) is 8.66. The predicted octanol–water partition coefficient (Wildman–Crippen LogP) is 2.30. The molecule has 1 saturated heterocycles. The standard InChI is InChI=1S/C17H17FN4O3S/c1-9-10(2)26-15(19-9)20-13(23)8-22-14(24)17(3,21-16(22)25)11-4-6-12(18)7-5-11/h4-7H,8H2,1-3H3,(H,21,25)(H,19,20,23)/t17-/m1/s1. The number of amides is 4. The number of aryl methyl sites for hydroxylation is 2. The lowest BCUT2D eigenvalue weighted by atomic mass is 9.92. The molecule has 2 N–H and O–H groups in total. The van der Waals surface area contributed by atoms with Gasteiger partial charge < -0.3 is 10.6 Å².